The van der Waals surface area contributed by atoms with Crippen molar-refractivity contribution in [2.24, 2.45) is 0 Å². The van der Waals surface area contributed by atoms with E-state index in [2.05, 4.69) is 6.92 Å². The smallest absolute Gasteiger partial charge is 0.315 e. The van der Waals surface area contributed by atoms with Gasteiger partial charge in [-0.2, -0.15) is 0 Å². The van der Waals surface area contributed by atoms with Crippen molar-refractivity contribution >= 4 is 11.9 Å². The van der Waals surface area contributed by atoms with Crippen LogP contribution >= 0.6 is 0 Å². The van der Waals surface area contributed by atoms with E-state index in [1.54, 1.807) is 0 Å². The largest absolute Gasteiger partial charge is 0.326 e. The molecule has 1 aliphatic heterocycles. The predicted octanol–water partition coefficient (Wildman–Crippen LogP) is -0.286. The maximum absolute atomic E-state index is 10.9. The molecule has 1 saturated heterocycles. The normalized spacial score (nSPS) is 19.0. The Kier molecular flexibility index (Phi) is 1.61. The summed E-state index contributed by atoms with van der Waals surface area (Å²) in [6.45, 7) is 4.05. The van der Waals surface area contributed by atoms with Gasteiger partial charge in [0, 0.05) is 13.6 Å². The zero-order valence-electron chi connectivity index (χ0n) is 5.83. The first-order valence-electron chi connectivity index (χ1n) is 3.01. The van der Waals surface area contributed by atoms with Gasteiger partial charge in [-0.05, 0) is 6.92 Å². The number of hydrogen-bond acceptors (Lipinski definition) is 2. The highest BCUT2D eigenvalue weighted by Crippen LogP contribution is 2.05. The molecule has 0 spiro atoms. The number of hydrogen-bond donors (Lipinski definition) is 0. The second kappa shape index (κ2) is 2.28. The fourth-order valence-corrected chi connectivity index (χ4v) is 0.830. The van der Waals surface area contributed by atoms with Gasteiger partial charge in [0.15, 0.2) is 0 Å². The highest BCUT2D eigenvalue weighted by atomic mass is 16.2. The topological polar surface area (TPSA) is 40.6 Å². The Morgan fingerprint density at radius 2 is 2.20 bits per heavy atom. The average molecular weight is 141 g/mol. The monoisotopic (exact) mass is 141 g/mol. The summed E-state index contributed by atoms with van der Waals surface area (Å²) in [5, 5.41) is 0. The highest BCUT2D eigenvalue weighted by Gasteiger charge is 2.31. The van der Waals surface area contributed by atoms with Gasteiger partial charge in [-0.3, -0.25) is 9.69 Å². The van der Waals surface area contributed by atoms with Crippen molar-refractivity contribution in [3.8, 4) is 0 Å². The molecular weight excluding hydrogens is 132 g/mol. The Morgan fingerprint density at radius 1 is 1.60 bits per heavy atom. The van der Waals surface area contributed by atoms with Crippen LogP contribution in [0, 0.1) is 6.92 Å². The van der Waals surface area contributed by atoms with Gasteiger partial charge in [0.1, 0.15) is 6.54 Å². The molecule has 4 heteroatoms. The van der Waals surface area contributed by atoms with Gasteiger partial charge in [-0.15, -0.1) is 0 Å². The summed E-state index contributed by atoms with van der Waals surface area (Å²) in [5.41, 5.74) is 0. The van der Waals surface area contributed by atoms with Crippen LogP contribution in [0.4, 0.5) is 4.79 Å². The average Bonchev–Trinajstić information content (AvgIpc) is 2.17. The maximum atomic E-state index is 10.9. The molecule has 1 rings (SSSR count). The van der Waals surface area contributed by atoms with Crippen LogP contribution < -0.4 is 0 Å². The van der Waals surface area contributed by atoms with Gasteiger partial charge < -0.3 is 4.90 Å². The SMILES string of the molecule is [CH2]CN1CC(=O)N(C)C1=O. The lowest BCUT2D eigenvalue weighted by molar-refractivity contribution is -0.124. The van der Waals surface area contributed by atoms with E-state index in [-0.39, 0.29) is 18.5 Å². The van der Waals surface area contributed by atoms with E-state index in [4.69, 9.17) is 0 Å². The van der Waals surface area contributed by atoms with Gasteiger partial charge in [-0.25, -0.2) is 4.79 Å². The number of rotatable bonds is 1. The van der Waals surface area contributed by atoms with E-state index in [0.29, 0.717) is 6.54 Å². The van der Waals surface area contributed by atoms with Gasteiger partial charge >= 0.3 is 6.03 Å². The molecule has 0 bridgehead atoms. The molecule has 0 N–H and O–H groups in total. The molecule has 0 aromatic heterocycles. The molecule has 1 heterocycles. The number of likely N-dealkylation sites (N-methyl/N-ethyl adjacent to an activating group) is 1. The van der Waals surface area contributed by atoms with Crippen molar-refractivity contribution < 1.29 is 9.59 Å². The van der Waals surface area contributed by atoms with Crippen LogP contribution in [-0.4, -0.2) is 41.9 Å². The lowest BCUT2D eigenvalue weighted by atomic mass is 10.5. The number of urea groups is 1. The van der Waals surface area contributed by atoms with Crippen LogP contribution in [0.25, 0.3) is 0 Å². The molecule has 0 aromatic rings. The van der Waals surface area contributed by atoms with Gasteiger partial charge in [0.2, 0.25) is 5.91 Å². The first kappa shape index (κ1) is 7.05. The third-order valence-corrected chi connectivity index (χ3v) is 1.53. The van der Waals surface area contributed by atoms with E-state index >= 15 is 0 Å². The van der Waals surface area contributed by atoms with Crippen molar-refractivity contribution in [2.75, 3.05) is 20.1 Å². The van der Waals surface area contributed by atoms with Crippen molar-refractivity contribution in [3.05, 3.63) is 6.92 Å². The first-order chi connectivity index (χ1) is 4.66. The molecule has 0 saturated carbocycles. The van der Waals surface area contributed by atoms with E-state index in [1.165, 1.54) is 11.9 Å². The van der Waals surface area contributed by atoms with Gasteiger partial charge in [0.25, 0.3) is 0 Å². The third kappa shape index (κ3) is 0.853. The summed E-state index contributed by atoms with van der Waals surface area (Å²) in [7, 11) is 1.47. The number of carbonyl (C=O) groups excluding carboxylic acids is 2. The summed E-state index contributed by atoms with van der Waals surface area (Å²) in [6.07, 6.45) is 0. The Bertz CT molecular complexity index is 179. The zero-order chi connectivity index (χ0) is 7.72. The summed E-state index contributed by atoms with van der Waals surface area (Å²) in [5.74, 6) is -0.159. The molecule has 10 heavy (non-hydrogen) atoms. The molecule has 0 aromatic carbocycles. The van der Waals surface area contributed by atoms with Crippen LogP contribution in [0.2, 0.25) is 0 Å². The number of nitrogens with zero attached hydrogens (tertiary/aromatic N) is 2. The summed E-state index contributed by atoms with van der Waals surface area (Å²) < 4.78 is 0. The Hall–Kier alpha value is -1.06. The van der Waals surface area contributed by atoms with E-state index in [1.807, 2.05) is 0 Å². The Balaban J connectivity index is 2.71. The molecule has 0 aliphatic carbocycles. The lowest BCUT2D eigenvalue weighted by Crippen LogP contribution is -2.29. The fourth-order valence-electron chi connectivity index (χ4n) is 0.830. The molecule has 0 unspecified atom stereocenters. The van der Waals surface area contributed by atoms with E-state index in [9.17, 15) is 9.59 Å². The summed E-state index contributed by atoms with van der Waals surface area (Å²) >= 11 is 0. The third-order valence-electron chi connectivity index (χ3n) is 1.53. The molecule has 1 aliphatic rings. The minimum atomic E-state index is -0.250. The molecule has 4 nitrogen and oxygen atoms in total. The van der Waals surface area contributed by atoms with Crippen LogP contribution in [0.3, 0.4) is 0 Å². The minimum absolute atomic E-state index is 0.159. The number of carbonyl (C=O) groups is 2. The standard InChI is InChI=1S/C6H9N2O2/c1-3-8-4-5(9)7(2)6(8)10/h1,3-4H2,2H3. The molecular formula is C6H9N2O2. The quantitative estimate of drug-likeness (QED) is 0.471. The van der Waals surface area contributed by atoms with E-state index in [0.717, 1.165) is 4.90 Å². The molecule has 55 valence electrons. The lowest BCUT2D eigenvalue weighted by Gasteiger charge is -2.10. The van der Waals surface area contributed by atoms with Crippen molar-refractivity contribution in [1.29, 1.82) is 0 Å². The second-order valence-corrected chi connectivity index (χ2v) is 2.16. The molecule has 0 atom stereocenters. The Morgan fingerprint density at radius 3 is 2.40 bits per heavy atom. The fraction of sp³-hybridized carbons (Fsp3) is 0.500. The van der Waals surface area contributed by atoms with Crippen LogP contribution in [0.5, 0.6) is 0 Å². The zero-order valence-corrected chi connectivity index (χ0v) is 5.83. The predicted molar refractivity (Wildman–Crippen MR) is 35.1 cm³/mol. The van der Waals surface area contributed by atoms with Crippen LogP contribution in [0.1, 0.15) is 0 Å². The molecule has 1 fully saturated rings. The maximum Gasteiger partial charge on any atom is 0.326 e. The van der Waals surface area contributed by atoms with E-state index < -0.39 is 0 Å². The number of imide groups is 1. The highest BCUT2D eigenvalue weighted by molar-refractivity contribution is 6.01. The minimum Gasteiger partial charge on any atom is -0.315 e. The first-order valence-corrected chi connectivity index (χ1v) is 3.01. The van der Waals surface area contributed by atoms with Crippen molar-refractivity contribution in [3.63, 3.8) is 0 Å². The van der Waals surface area contributed by atoms with Gasteiger partial charge in [0.05, 0.1) is 0 Å². The van der Waals surface area contributed by atoms with Crippen LogP contribution in [-0.2, 0) is 4.79 Å². The summed E-state index contributed by atoms with van der Waals surface area (Å²) in [6, 6.07) is -0.250. The second-order valence-electron chi connectivity index (χ2n) is 2.16. The van der Waals surface area contributed by atoms with Gasteiger partial charge in [-0.1, -0.05) is 0 Å². The number of amides is 3. The molecule has 1 radical (unpaired) electrons. The van der Waals surface area contributed by atoms with Crippen LogP contribution in [0.15, 0.2) is 0 Å². The summed E-state index contributed by atoms with van der Waals surface area (Å²) in [4.78, 5) is 24.2. The van der Waals surface area contributed by atoms with Crippen molar-refractivity contribution in [1.82, 2.24) is 9.80 Å². The van der Waals surface area contributed by atoms with Crippen molar-refractivity contribution in [2.45, 2.75) is 0 Å². The Labute approximate surface area is 59.4 Å². The molecule has 3 amide bonds.